The Balaban J connectivity index is 0.000000352. The van der Waals surface area contributed by atoms with Crippen LogP contribution in [0.3, 0.4) is 0 Å². The monoisotopic (exact) mass is 342 g/mol. The third-order valence-corrected chi connectivity index (χ3v) is 2.45. The molecule has 0 atom stereocenters. The van der Waals surface area contributed by atoms with Crippen molar-refractivity contribution in [1.82, 2.24) is 4.98 Å². The van der Waals surface area contributed by atoms with Crippen molar-refractivity contribution in [1.29, 1.82) is 0 Å². The van der Waals surface area contributed by atoms with E-state index in [1.807, 2.05) is 17.5 Å². The van der Waals surface area contributed by atoms with E-state index in [2.05, 4.69) is 27.8 Å². The summed E-state index contributed by atoms with van der Waals surface area (Å²) in [5.41, 5.74) is 5.03. The minimum Gasteiger partial charge on any atom is -0.741 e. The molecule has 104 valence electrons. The van der Waals surface area contributed by atoms with Crippen molar-refractivity contribution in [3.63, 3.8) is 0 Å². The van der Waals surface area contributed by atoms with Crippen LogP contribution in [-0.2, 0) is 29.7 Å². The molecule has 2 aromatic rings. The number of nitrogens with two attached hydrogens (primary N) is 1. The van der Waals surface area contributed by atoms with Crippen LogP contribution in [-0.4, -0.2) is 16.4 Å². The number of thiophene rings is 1. The molecule has 2 heterocycles. The molecule has 2 aromatic heterocycles. The van der Waals surface area contributed by atoms with Gasteiger partial charge in [0.15, 0.2) is 0 Å². The molecule has 0 saturated heterocycles. The van der Waals surface area contributed by atoms with Crippen LogP contribution in [0.4, 0.5) is 0 Å². The number of pyridine rings is 1. The van der Waals surface area contributed by atoms with Crippen molar-refractivity contribution in [3.8, 4) is 0 Å². The fourth-order valence-corrected chi connectivity index (χ4v) is 1.51. The van der Waals surface area contributed by atoms with Crippen molar-refractivity contribution in [3.05, 3.63) is 57.1 Å². The number of hydrogen-bond acceptors (Lipinski definition) is 5. The fourth-order valence-electron chi connectivity index (χ4n) is 0.884. The van der Waals surface area contributed by atoms with Crippen LogP contribution in [0.2, 0.25) is 0 Å². The third kappa shape index (κ3) is 9.15. The molecule has 5 nitrogen and oxygen atoms in total. The molecule has 0 aliphatic rings. The topological polar surface area (TPSA) is 83.6 Å². The zero-order chi connectivity index (χ0) is 13.2. The largest absolute Gasteiger partial charge is 1.00 e. The van der Waals surface area contributed by atoms with Gasteiger partial charge in [-0.05, 0) is 22.7 Å². The Morgan fingerprint density at radius 1 is 1.37 bits per heavy atom. The number of amidine groups is 1. The zero-order valence-electron chi connectivity index (χ0n) is 9.62. The van der Waals surface area contributed by atoms with E-state index in [1.54, 1.807) is 35.9 Å². The van der Waals surface area contributed by atoms with Gasteiger partial charge in [-0.25, -0.2) is 0 Å². The van der Waals surface area contributed by atoms with E-state index in [-0.39, 0.29) is 27.8 Å². The zero-order valence-corrected chi connectivity index (χ0v) is 12.2. The van der Waals surface area contributed by atoms with Crippen LogP contribution < -0.4 is 11.3 Å². The summed E-state index contributed by atoms with van der Waals surface area (Å²) in [6.45, 7) is 0. The Hall–Kier alpha value is -1.47. The summed E-state index contributed by atoms with van der Waals surface area (Å²) in [6, 6.07) is 8.80. The quantitative estimate of drug-likeness (QED) is 0.284. The van der Waals surface area contributed by atoms with Gasteiger partial charge < -0.3 is 23.3 Å². The maximum atomic E-state index is 10.2. The van der Waals surface area contributed by atoms with Crippen LogP contribution in [0.25, 0.3) is 0 Å². The molecule has 0 unspecified atom stereocenters. The Bertz CT molecular complexity index is 545. The maximum absolute atomic E-state index is 10.2. The summed E-state index contributed by atoms with van der Waals surface area (Å²) in [5.74, 6) is 0. The SMILES string of the molecule is N/C([S-])=N\N=C\c1cccs1.O=c1cccc[nH]1.[Cu+]. The molecule has 0 bridgehead atoms. The van der Waals surface area contributed by atoms with E-state index >= 15 is 0 Å². The number of nitrogens with zero attached hydrogens (tertiary/aromatic N) is 2. The summed E-state index contributed by atoms with van der Waals surface area (Å²) in [4.78, 5) is 13.7. The number of hydrogen-bond donors (Lipinski definition) is 2. The molecule has 0 aliphatic carbocycles. The molecule has 0 saturated carbocycles. The van der Waals surface area contributed by atoms with Gasteiger partial charge in [0.2, 0.25) is 5.56 Å². The van der Waals surface area contributed by atoms with E-state index in [4.69, 9.17) is 5.73 Å². The predicted molar refractivity (Wildman–Crippen MR) is 78.0 cm³/mol. The number of aromatic nitrogens is 1. The third-order valence-electron chi connectivity index (χ3n) is 1.56. The van der Waals surface area contributed by atoms with Crippen LogP contribution in [0.5, 0.6) is 0 Å². The maximum Gasteiger partial charge on any atom is 1.00 e. The number of aromatic amines is 1. The molecule has 0 fully saturated rings. The van der Waals surface area contributed by atoms with E-state index in [0.717, 1.165) is 4.88 Å². The summed E-state index contributed by atoms with van der Waals surface area (Å²) in [7, 11) is 0. The second-order valence-corrected chi connectivity index (χ2v) is 4.32. The Morgan fingerprint density at radius 3 is 2.58 bits per heavy atom. The molecule has 0 aliphatic heterocycles. The summed E-state index contributed by atoms with van der Waals surface area (Å²) < 4.78 is 0. The normalized spacial score (nSPS) is 10.4. The van der Waals surface area contributed by atoms with Crippen molar-refractivity contribution in [2.75, 3.05) is 0 Å². The van der Waals surface area contributed by atoms with Crippen molar-refractivity contribution in [2.24, 2.45) is 15.9 Å². The summed E-state index contributed by atoms with van der Waals surface area (Å²) in [6.07, 6.45) is 3.21. The summed E-state index contributed by atoms with van der Waals surface area (Å²) in [5, 5.41) is 9.16. The molecular weight excluding hydrogens is 332 g/mol. The van der Waals surface area contributed by atoms with Gasteiger partial charge in [0.25, 0.3) is 0 Å². The molecule has 19 heavy (non-hydrogen) atoms. The van der Waals surface area contributed by atoms with Crippen molar-refractivity contribution >= 4 is 35.3 Å². The average molecular weight is 343 g/mol. The van der Waals surface area contributed by atoms with Crippen LogP contribution in [0.15, 0.2) is 56.9 Å². The van der Waals surface area contributed by atoms with E-state index in [0.29, 0.717) is 0 Å². The first kappa shape index (κ1) is 17.5. The predicted octanol–water partition coefficient (Wildman–Crippen LogP) is 1.32. The first-order valence-electron chi connectivity index (χ1n) is 4.89. The molecule has 3 N–H and O–H groups in total. The second-order valence-electron chi connectivity index (χ2n) is 2.93. The first-order chi connectivity index (χ1) is 8.68. The molecule has 8 heteroatoms. The van der Waals surface area contributed by atoms with Crippen LogP contribution in [0, 0.1) is 0 Å². The van der Waals surface area contributed by atoms with Crippen LogP contribution >= 0.6 is 11.3 Å². The number of rotatable bonds is 2. The molecule has 0 amide bonds. The molecular formula is C11H11CuN4OS2. The average Bonchev–Trinajstić information content (AvgIpc) is 2.83. The second kappa shape index (κ2) is 10.5. The fraction of sp³-hybridized carbons (Fsp3) is 0. The Morgan fingerprint density at radius 2 is 2.16 bits per heavy atom. The van der Waals surface area contributed by atoms with Gasteiger partial charge in [-0.3, -0.25) is 4.79 Å². The van der Waals surface area contributed by atoms with Crippen molar-refractivity contribution < 1.29 is 17.1 Å². The number of H-pyrrole nitrogens is 1. The van der Waals surface area contributed by atoms with E-state index in [9.17, 15) is 4.79 Å². The van der Waals surface area contributed by atoms with E-state index < -0.39 is 0 Å². The first-order valence-corrected chi connectivity index (χ1v) is 6.18. The van der Waals surface area contributed by atoms with Gasteiger partial charge >= 0.3 is 17.1 Å². The van der Waals surface area contributed by atoms with E-state index in [1.165, 1.54) is 6.07 Å². The van der Waals surface area contributed by atoms with Gasteiger partial charge in [0.05, 0.1) is 6.21 Å². The van der Waals surface area contributed by atoms with Gasteiger partial charge in [-0.15, -0.1) is 11.3 Å². The van der Waals surface area contributed by atoms with Gasteiger partial charge in [-0.2, -0.15) is 10.2 Å². The van der Waals surface area contributed by atoms with Crippen LogP contribution in [0.1, 0.15) is 4.88 Å². The van der Waals surface area contributed by atoms with Gasteiger partial charge in [0, 0.05) is 17.1 Å². The number of nitrogens with one attached hydrogen (secondary N) is 1. The molecule has 2 rings (SSSR count). The minimum atomic E-state index is -0.0532. The Labute approximate surface area is 130 Å². The summed E-state index contributed by atoms with van der Waals surface area (Å²) >= 11 is 6.07. The van der Waals surface area contributed by atoms with Crippen molar-refractivity contribution in [2.45, 2.75) is 0 Å². The van der Waals surface area contributed by atoms with Gasteiger partial charge in [0.1, 0.15) is 0 Å². The minimum absolute atomic E-state index is 0. The molecule has 0 aromatic carbocycles. The standard InChI is InChI=1S/C6H7N3S2.C5H5NO.Cu/c7-6(10)9-8-4-5-2-1-3-11-5;7-5-3-1-2-4-6-5;/h1-4H,(H3,7,9,10);1-4H,(H,6,7);/q;;+1/p-1/b8-4+;;. The molecule has 0 radical (unpaired) electrons. The molecule has 0 spiro atoms. The van der Waals surface area contributed by atoms with Gasteiger partial charge in [-0.1, -0.05) is 12.1 Å². The Kier molecular flexibility index (Phi) is 9.64. The smallest absolute Gasteiger partial charge is 0.741 e.